The third-order valence-corrected chi connectivity index (χ3v) is 7.07. The molecule has 0 saturated carbocycles. The molecule has 0 bridgehead atoms. The summed E-state index contributed by atoms with van der Waals surface area (Å²) in [6, 6.07) is 29.3. The second kappa shape index (κ2) is 7.92. The molecule has 1 nitrogen and oxygen atoms in total. The number of fused-ring (bicyclic) bond motifs is 5. The molecule has 6 rings (SSSR count). The van der Waals surface area contributed by atoms with Crippen molar-refractivity contribution in [2.24, 2.45) is 5.41 Å². The van der Waals surface area contributed by atoms with Crippen LogP contribution in [-0.4, -0.2) is 4.98 Å². The van der Waals surface area contributed by atoms with Crippen LogP contribution in [0.4, 0.5) is 0 Å². The standard InChI is InChI=1S/C34H31N/c1-21-15-22(2)17-24(16-21)32-18-30-29-14-13-23(19-34(3,4)5)25-11-8-12-28(33(25)29)26-9-6-7-10-27(26)31(30)20-35-32/h6-18,20H,19H2,1-5H3. The van der Waals surface area contributed by atoms with Gasteiger partial charge in [-0.05, 0) is 88.0 Å². The highest BCUT2D eigenvalue weighted by atomic mass is 14.7. The van der Waals surface area contributed by atoms with Crippen molar-refractivity contribution in [3.05, 3.63) is 102 Å². The maximum Gasteiger partial charge on any atom is 0.0708 e. The molecule has 0 aliphatic heterocycles. The Morgan fingerprint density at radius 3 is 2.00 bits per heavy atom. The summed E-state index contributed by atoms with van der Waals surface area (Å²) in [4.78, 5) is 4.98. The highest BCUT2D eigenvalue weighted by Gasteiger charge is 2.24. The molecule has 0 spiro atoms. The quantitative estimate of drug-likeness (QED) is 0.254. The first kappa shape index (κ1) is 21.8. The molecule has 172 valence electrons. The minimum atomic E-state index is 0.223. The molecule has 0 N–H and O–H groups in total. The average molecular weight is 454 g/mol. The zero-order valence-electron chi connectivity index (χ0n) is 21.2. The van der Waals surface area contributed by atoms with Gasteiger partial charge in [0.1, 0.15) is 0 Å². The van der Waals surface area contributed by atoms with E-state index in [-0.39, 0.29) is 5.41 Å². The molecular weight excluding hydrogens is 422 g/mol. The van der Waals surface area contributed by atoms with E-state index in [0.29, 0.717) is 0 Å². The molecule has 1 aliphatic carbocycles. The van der Waals surface area contributed by atoms with Gasteiger partial charge in [-0.3, -0.25) is 4.98 Å². The molecule has 0 amide bonds. The van der Waals surface area contributed by atoms with Crippen molar-refractivity contribution >= 4 is 10.8 Å². The van der Waals surface area contributed by atoms with Crippen LogP contribution in [-0.2, 0) is 6.42 Å². The van der Waals surface area contributed by atoms with E-state index in [1.54, 1.807) is 0 Å². The maximum absolute atomic E-state index is 4.98. The molecule has 0 unspecified atom stereocenters. The van der Waals surface area contributed by atoms with Crippen molar-refractivity contribution in [1.82, 2.24) is 4.98 Å². The first-order valence-corrected chi connectivity index (χ1v) is 12.5. The second-order valence-corrected chi connectivity index (χ2v) is 11.3. The smallest absolute Gasteiger partial charge is 0.0708 e. The SMILES string of the molecule is Cc1cc(C)cc(-c2cc3c(cn2)-c2ccccc2-c2cccc4c(CC(C)(C)C)ccc-3c24)c1. The van der Waals surface area contributed by atoms with E-state index in [1.807, 2.05) is 0 Å². The van der Waals surface area contributed by atoms with Gasteiger partial charge < -0.3 is 0 Å². The Bertz CT molecular complexity index is 1590. The van der Waals surface area contributed by atoms with E-state index in [9.17, 15) is 0 Å². The summed E-state index contributed by atoms with van der Waals surface area (Å²) in [6.45, 7) is 11.3. The van der Waals surface area contributed by atoms with Gasteiger partial charge in [0.25, 0.3) is 0 Å². The molecular formula is C34H31N. The Morgan fingerprint density at radius 1 is 0.629 bits per heavy atom. The molecule has 0 atom stereocenters. The van der Waals surface area contributed by atoms with Crippen LogP contribution >= 0.6 is 0 Å². The Labute approximate surface area is 208 Å². The number of benzene rings is 4. The molecule has 35 heavy (non-hydrogen) atoms. The molecule has 1 heterocycles. The number of hydrogen-bond donors (Lipinski definition) is 0. The third-order valence-electron chi connectivity index (χ3n) is 7.07. The number of pyridine rings is 1. The lowest BCUT2D eigenvalue weighted by atomic mass is 9.83. The zero-order chi connectivity index (χ0) is 24.3. The van der Waals surface area contributed by atoms with Gasteiger partial charge in [-0.15, -0.1) is 0 Å². The van der Waals surface area contributed by atoms with E-state index in [2.05, 4.69) is 120 Å². The lowest BCUT2D eigenvalue weighted by Crippen LogP contribution is -2.09. The summed E-state index contributed by atoms with van der Waals surface area (Å²) in [5.74, 6) is 0. The van der Waals surface area contributed by atoms with Gasteiger partial charge in [-0.1, -0.05) is 92.6 Å². The largest absolute Gasteiger partial charge is 0.256 e. The number of hydrogen-bond acceptors (Lipinski definition) is 1. The molecule has 1 aromatic heterocycles. The van der Waals surface area contributed by atoms with Crippen molar-refractivity contribution in [1.29, 1.82) is 0 Å². The topological polar surface area (TPSA) is 12.9 Å². The molecule has 4 aromatic carbocycles. The van der Waals surface area contributed by atoms with E-state index in [0.717, 1.165) is 12.1 Å². The van der Waals surface area contributed by atoms with Crippen LogP contribution in [0.1, 0.15) is 37.5 Å². The van der Waals surface area contributed by atoms with Gasteiger partial charge in [0.2, 0.25) is 0 Å². The predicted octanol–water partition coefficient (Wildman–Crippen LogP) is 9.42. The van der Waals surface area contributed by atoms with Crippen LogP contribution < -0.4 is 0 Å². The Morgan fingerprint density at radius 2 is 1.29 bits per heavy atom. The van der Waals surface area contributed by atoms with Gasteiger partial charge in [0.05, 0.1) is 5.69 Å². The summed E-state index contributed by atoms with van der Waals surface area (Å²) in [5.41, 5.74) is 14.0. The average Bonchev–Trinajstić information content (AvgIpc) is 2.93. The summed E-state index contributed by atoms with van der Waals surface area (Å²) >= 11 is 0. The fourth-order valence-corrected chi connectivity index (χ4v) is 5.77. The Balaban J connectivity index is 1.70. The lowest BCUT2D eigenvalue weighted by Gasteiger charge is -2.21. The van der Waals surface area contributed by atoms with Gasteiger partial charge in [0, 0.05) is 17.3 Å². The Kier molecular flexibility index (Phi) is 4.93. The number of aromatic nitrogens is 1. The highest BCUT2D eigenvalue weighted by molar-refractivity contribution is 6.14. The van der Waals surface area contributed by atoms with E-state index in [1.165, 1.54) is 66.4 Å². The zero-order valence-corrected chi connectivity index (χ0v) is 21.2. The molecule has 5 aromatic rings. The minimum Gasteiger partial charge on any atom is -0.256 e. The normalized spacial score (nSPS) is 12.3. The van der Waals surface area contributed by atoms with Gasteiger partial charge in [0.15, 0.2) is 0 Å². The summed E-state index contributed by atoms with van der Waals surface area (Å²) in [6.07, 6.45) is 3.13. The van der Waals surface area contributed by atoms with Gasteiger partial charge >= 0.3 is 0 Å². The third kappa shape index (κ3) is 3.76. The van der Waals surface area contributed by atoms with Crippen molar-refractivity contribution in [3.63, 3.8) is 0 Å². The lowest BCUT2D eigenvalue weighted by molar-refractivity contribution is 0.412. The molecule has 0 fully saturated rings. The van der Waals surface area contributed by atoms with E-state index >= 15 is 0 Å². The van der Waals surface area contributed by atoms with Crippen LogP contribution in [0.15, 0.2) is 85.1 Å². The Hall–Kier alpha value is -3.71. The summed E-state index contributed by atoms with van der Waals surface area (Å²) < 4.78 is 0. The summed E-state index contributed by atoms with van der Waals surface area (Å²) in [7, 11) is 0. The van der Waals surface area contributed by atoms with Crippen LogP contribution in [0.5, 0.6) is 0 Å². The summed E-state index contributed by atoms with van der Waals surface area (Å²) in [5, 5.41) is 2.72. The van der Waals surface area contributed by atoms with E-state index < -0.39 is 0 Å². The maximum atomic E-state index is 4.98. The fraction of sp³-hybridized carbons (Fsp3) is 0.206. The van der Waals surface area contributed by atoms with E-state index in [4.69, 9.17) is 4.98 Å². The fourth-order valence-electron chi connectivity index (χ4n) is 5.77. The van der Waals surface area contributed by atoms with Crippen LogP contribution in [0.25, 0.3) is 55.4 Å². The monoisotopic (exact) mass is 453 g/mol. The van der Waals surface area contributed by atoms with Crippen LogP contribution in [0.2, 0.25) is 0 Å². The molecule has 1 heteroatoms. The van der Waals surface area contributed by atoms with Crippen molar-refractivity contribution in [3.8, 4) is 44.6 Å². The number of rotatable bonds is 2. The van der Waals surface area contributed by atoms with Crippen molar-refractivity contribution in [2.45, 2.75) is 41.0 Å². The van der Waals surface area contributed by atoms with Crippen LogP contribution in [0.3, 0.4) is 0 Å². The molecule has 0 radical (unpaired) electrons. The highest BCUT2D eigenvalue weighted by Crippen LogP contribution is 2.48. The van der Waals surface area contributed by atoms with Gasteiger partial charge in [-0.25, -0.2) is 0 Å². The second-order valence-electron chi connectivity index (χ2n) is 11.3. The molecule has 1 aliphatic rings. The first-order chi connectivity index (χ1) is 16.8. The first-order valence-electron chi connectivity index (χ1n) is 12.5. The molecule has 0 saturated heterocycles. The van der Waals surface area contributed by atoms with Crippen molar-refractivity contribution < 1.29 is 0 Å². The minimum absolute atomic E-state index is 0.223. The number of aryl methyl sites for hydroxylation is 2. The van der Waals surface area contributed by atoms with Gasteiger partial charge in [-0.2, -0.15) is 0 Å². The predicted molar refractivity (Wildman–Crippen MR) is 150 cm³/mol. The van der Waals surface area contributed by atoms with Crippen molar-refractivity contribution in [2.75, 3.05) is 0 Å². The van der Waals surface area contributed by atoms with Crippen LogP contribution in [0, 0.1) is 19.3 Å². The number of nitrogens with zero attached hydrogens (tertiary/aromatic N) is 1.